The predicted molar refractivity (Wildman–Crippen MR) is 119 cm³/mol. The van der Waals surface area contributed by atoms with E-state index in [4.69, 9.17) is 9.47 Å². The maximum atomic E-state index is 14.5. The summed E-state index contributed by atoms with van der Waals surface area (Å²) in [6, 6.07) is 0. The highest BCUT2D eigenvalue weighted by molar-refractivity contribution is 5.28. The van der Waals surface area contributed by atoms with E-state index in [0.717, 1.165) is 32.1 Å². The number of hydrogen-bond acceptors (Lipinski definition) is 2. The Morgan fingerprint density at radius 3 is 1.88 bits per heavy atom. The molecule has 0 bridgehead atoms. The second kappa shape index (κ2) is 13.0. The van der Waals surface area contributed by atoms with Crippen LogP contribution >= 0.6 is 0 Å². The zero-order valence-corrected chi connectivity index (χ0v) is 20.4. The number of halogens is 5. The van der Waals surface area contributed by atoms with E-state index in [2.05, 4.69) is 6.92 Å². The van der Waals surface area contributed by atoms with E-state index in [1.165, 1.54) is 19.3 Å². The molecule has 0 amide bonds. The number of hydrogen-bond donors (Lipinski definition) is 0. The highest BCUT2D eigenvalue weighted by Crippen LogP contribution is 2.47. The fourth-order valence-corrected chi connectivity index (χ4v) is 5.73. The van der Waals surface area contributed by atoms with Gasteiger partial charge in [0.2, 0.25) is 5.82 Å². The number of benzene rings is 1. The lowest BCUT2D eigenvalue weighted by Crippen LogP contribution is -2.46. The number of methoxy groups -OCH3 is 2. The van der Waals surface area contributed by atoms with E-state index in [1.807, 2.05) is 6.92 Å². The Hall–Kier alpha value is -1.21. The molecule has 0 aliphatic heterocycles. The Bertz CT molecular complexity index is 713. The minimum atomic E-state index is -2.11. The molecular formula is C26H39F5O2. The van der Waals surface area contributed by atoms with Crippen molar-refractivity contribution < 1.29 is 31.4 Å². The Labute approximate surface area is 195 Å². The monoisotopic (exact) mass is 478 g/mol. The van der Waals surface area contributed by atoms with E-state index < -0.39 is 46.4 Å². The summed E-state index contributed by atoms with van der Waals surface area (Å²) in [4.78, 5) is 0. The molecule has 0 spiro atoms. The SMILES string of the molecule is CCCCCCCCC(C1CCCC(c2c(F)c(F)c(F)c(F)c2F)C1)C(CC)(OC)OC. The van der Waals surface area contributed by atoms with Gasteiger partial charge in [-0.15, -0.1) is 0 Å². The molecule has 3 unspecified atom stereocenters. The van der Waals surface area contributed by atoms with Crippen molar-refractivity contribution in [1.82, 2.24) is 0 Å². The first-order chi connectivity index (χ1) is 15.8. The molecule has 190 valence electrons. The summed E-state index contributed by atoms with van der Waals surface area (Å²) in [5.41, 5.74) is -0.675. The molecule has 1 aromatic carbocycles. The van der Waals surface area contributed by atoms with Gasteiger partial charge in [0.1, 0.15) is 0 Å². The van der Waals surface area contributed by atoms with Gasteiger partial charge in [-0.25, -0.2) is 22.0 Å². The van der Waals surface area contributed by atoms with E-state index in [0.29, 0.717) is 25.7 Å². The van der Waals surface area contributed by atoms with Crippen LogP contribution in [0.4, 0.5) is 22.0 Å². The fourth-order valence-electron chi connectivity index (χ4n) is 5.73. The van der Waals surface area contributed by atoms with Crippen LogP contribution in [0, 0.1) is 40.9 Å². The molecule has 1 aromatic rings. The lowest BCUT2D eigenvalue weighted by Gasteiger charge is -2.44. The second-order valence-corrected chi connectivity index (χ2v) is 9.34. The largest absolute Gasteiger partial charge is 0.353 e. The van der Waals surface area contributed by atoms with Crippen molar-refractivity contribution in [2.24, 2.45) is 11.8 Å². The van der Waals surface area contributed by atoms with Crippen LogP contribution in [0.1, 0.15) is 102 Å². The standard InChI is InChI=1S/C26H39F5O2/c1-5-7-8-9-10-11-15-19(26(6-2,32-3)33-4)17-13-12-14-18(16-17)20-21(27)23(29)25(31)24(30)22(20)28/h17-19H,5-16H2,1-4H3. The molecule has 3 atom stereocenters. The van der Waals surface area contributed by atoms with Crippen molar-refractivity contribution >= 4 is 0 Å². The molecule has 2 nitrogen and oxygen atoms in total. The van der Waals surface area contributed by atoms with E-state index in [-0.39, 0.29) is 11.8 Å². The van der Waals surface area contributed by atoms with Crippen LogP contribution in [0.3, 0.4) is 0 Å². The van der Waals surface area contributed by atoms with E-state index in [9.17, 15) is 22.0 Å². The van der Waals surface area contributed by atoms with Crippen LogP contribution in [0.5, 0.6) is 0 Å². The molecule has 7 heteroatoms. The molecule has 2 rings (SSSR count). The average Bonchev–Trinajstić information content (AvgIpc) is 2.84. The Morgan fingerprint density at radius 1 is 0.788 bits per heavy atom. The smallest absolute Gasteiger partial charge is 0.200 e. The van der Waals surface area contributed by atoms with Crippen LogP contribution in [-0.2, 0) is 9.47 Å². The highest BCUT2D eigenvalue weighted by atomic mass is 19.2. The van der Waals surface area contributed by atoms with Gasteiger partial charge in [0.05, 0.1) is 0 Å². The lowest BCUT2D eigenvalue weighted by molar-refractivity contribution is -0.255. The first-order valence-corrected chi connectivity index (χ1v) is 12.4. The van der Waals surface area contributed by atoms with E-state index in [1.54, 1.807) is 14.2 Å². The third-order valence-electron chi connectivity index (χ3n) is 7.55. The zero-order chi connectivity index (χ0) is 24.6. The van der Waals surface area contributed by atoms with Gasteiger partial charge in [0, 0.05) is 25.7 Å². The highest BCUT2D eigenvalue weighted by Gasteiger charge is 2.44. The van der Waals surface area contributed by atoms with Crippen LogP contribution < -0.4 is 0 Å². The third kappa shape index (κ3) is 6.27. The summed E-state index contributed by atoms with van der Waals surface area (Å²) < 4.78 is 82.0. The van der Waals surface area contributed by atoms with Gasteiger partial charge in [-0.1, -0.05) is 58.8 Å². The average molecular weight is 479 g/mol. The second-order valence-electron chi connectivity index (χ2n) is 9.34. The Balaban J connectivity index is 2.27. The molecule has 1 saturated carbocycles. The summed E-state index contributed by atoms with van der Waals surface area (Å²) >= 11 is 0. The maximum Gasteiger partial charge on any atom is 0.200 e. The van der Waals surface area contributed by atoms with Crippen LogP contribution in [0.15, 0.2) is 0 Å². The number of unbranched alkanes of at least 4 members (excludes halogenated alkanes) is 5. The third-order valence-corrected chi connectivity index (χ3v) is 7.55. The molecule has 0 N–H and O–H groups in total. The molecular weight excluding hydrogens is 439 g/mol. The van der Waals surface area contributed by atoms with Crippen molar-refractivity contribution in [2.75, 3.05) is 14.2 Å². The molecule has 1 aliphatic rings. The minimum Gasteiger partial charge on any atom is -0.353 e. The van der Waals surface area contributed by atoms with E-state index >= 15 is 0 Å². The summed E-state index contributed by atoms with van der Waals surface area (Å²) in [7, 11) is 3.21. The van der Waals surface area contributed by atoms with Gasteiger partial charge in [0.15, 0.2) is 29.1 Å². The van der Waals surface area contributed by atoms with Gasteiger partial charge >= 0.3 is 0 Å². The first-order valence-electron chi connectivity index (χ1n) is 12.4. The first kappa shape index (κ1) is 28.0. The molecule has 1 aliphatic carbocycles. The Morgan fingerprint density at radius 2 is 1.33 bits per heavy atom. The van der Waals surface area contributed by atoms with Crippen LogP contribution in [-0.4, -0.2) is 20.0 Å². The maximum absolute atomic E-state index is 14.5. The van der Waals surface area contributed by atoms with Crippen molar-refractivity contribution in [3.8, 4) is 0 Å². The van der Waals surface area contributed by atoms with Gasteiger partial charge in [-0.05, 0) is 43.9 Å². The van der Waals surface area contributed by atoms with Gasteiger partial charge < -0.3 is 9.47 Å². The Kier molecular flexibility index (Phi) is 11.1. The minimum absolute atomic E-state index is 0.00535. The van der Waals surface area contributed by atoms with Crippen LogP contribution in [0.25, 0.3) is 0 Å². The van der Waals surface area contributed by atoms with Gasteiger partial charge in [0.25, 0.3) is 0 Å². The number of ether oxygens (including phenoxy) is 2. The summed E-state index contributed by atoms with van der Waals surface area (Å²) in [5, 5.41) is 0. The predicted octanol–water partition coefficient (Wildman–Crippen LogP) is 8.42. The van der Waals surface area contributed by atoms with Gasteiger partial charge in [-0.3, -0.25) is 0 Å². The lowest BCUT2D eigenvalue weighted by atomic mass is 9.68. The van der Waals surface area contributed by atoms with Gasteiger partial charge in [-0.2, -0.15) is 0 Å². The molecule has 33 heavy (non-hydrogen) atoms. The normalized spacial score (nSPS) is 20.3. The van der Waals surface area contributed by atoms with Crippen molar-refractivity contribution in [3.05, 3.63) is 34.6 Å². The summed E-state index contributed by atoms with van der Waals surface area (Å²) in [6.07, 6.45) is 10.4. The quantitative estimate of drug-likeness (QED) is 0.0931. The molecule has 1 fully saturated rings. The molecule has 0 radical (unpaired) electrons. The summed E-state index contributed by atoms with van der Waals surface area (Å²) in [5.74, 6) is -10.9. The van der Waals surface area contributed by atoms with Crippen molar-refractivity contribution in [1.29, 1.82) is 0 Å². The molecule has 0 aromatic heterocycles. The summed E-state index contributed by atoms with van der Waals surface area (Å²) in [6.45, 7) is 4.15. The van der Waals surface area contributed by atoms with Crippen LogP contribution in [0.2, 0.25) is 0 Å². The molecule has 0 saturated heterocycles. The van der Waals surface area contributed by atoms with Crippen molar-refractivity contribution in [2.45, 2.75) is 103 Å². The molecule has 0 heterocycles. The topological polar surface area (TPSA) is 18.5 Å². The number of rotatable bonds is 13. The van der Waals surface area contributed by atoms with Crippen molar-refractivity contribution in [3.63, 3.8) is 0 Å². The zero-order valence-electron chi connectivity index (χ0n) is 20.4. The fraction of sp³-hybridized carbons (Fsp3) is 0.769.